The largest absolute Gasteiger partial charge is 0.461 e. The van der Waals surface area contributed by atoms with Gasteiger partial charge in [-0.05, 0) is 50.4 Å². The van der Waals surface area contributed by atoms with E-state index in [2.05, 4.69) is 16.5 Å². The van der Waals surface area contributed by atoms with Gasteiger partial charge in [-0.15, -0.1) is 11.3 Å². The summed E-state index contributed by atoms with van der Waals surface area (Å²) in [5.41, 5.74) is 4.87. The molecule has 4 atom stereocenters. The van der Waals surface area contributed by atoms with Gasteiger partial charge in [0.25, 0.3) is 5.56 Å². The summed E-state index contributed by atoms with van der Waals surface area (Å²) in [7, 11) is 0. The number of pyridine rings is 1. The Morgan fingerprint density at radius 1 is 1.20 bits per heavy atom. The summed E-state index contributed by atoms with van der Waals surface area (Å²) in [6, 6.07) is 3.94. The summed E-state index contributed by atoms with van der Waals surface area (Å²) in [5, 5.41) is 10.2. The third-order valence-electron chi connectivity index (χ3n) is 11.3. The Morgan fingerprint density at radius 3 is 2.78 bits per heavy atom. The van der Waals surface area contributed by atoms with E-state index in [1.807, 2.05) is 11.0 Å². The second kappa shape index (κ2) is 11.2. The molecule has 9 rings (SSSR count). The van der Waals surface area contributed by atoms with Crippen LogP contribution in [0.2, 0.25) is 0 Å². The van der Waals surface area contributed by atoms with Gasteiger partial charge in [-0.3, -0.25) is 14.5 Å². The Balaban J connectivity index is 1.24. The van der Waals surface area contributed by atoms with Crippen LogP contribution in [0.1, 0.15) is 43.7 Å². The number of nitrogens with zero attached hydrogens (tertiary/aromatic N) is 7. The molecule has 4 saturated heterocycles. The number of hydrogen-bond donors (Lipinski definition) is 1. The third kappa shape index (κ3) is 4.50. The number of thiophene rings is 1. The van der Waals surface area contributed by atoms with Gasteiger partial charge in [-0.1, -0.05) is 6.58 Å². The molecule has 5 fully saturated rings. The monoisotopic (exact) mass is 702 g/mol. The number of benzene rings is 1. The molecular weight excluding hydrogens is 669 g/mol. The van der Waals surface area contributed by atoms with Crippen molar-refractivity contribution in [3.8, 4) is 23.3 Å². The molecule has 258 valence electrons. The smallest absolute Gasteiger partial charge is 0.319 e. The van der Waals surface area contributed by atoms with Gasteiger partial charge in [0, 0.05) is 55.5 Å². The number of ether oxygens (including phenoxy) is 1. The van der Waals surface area contributed by atoms with Crippen molar-refractivity contribution in [1.82, 2.24) is 24.3 Å². The highest BCUT2D eigenvalue weighted by Gasteiger charge is 2.50. The van der Waals surface area contributed by atoms with Crippen molar-refractivity contribution in [3.63, 3.8) is 0 Å². The predicted molar refractivity (Wildman–Crippen MR) is 182 cm³/mol. The number of carbonyl (C=O) groups excluding carboxylic acids is 1. The van der Waals surface area contributed by atoms with Crippen LogP contribution in [-0.4, -0.2) is 87.3 Å². The van der Waals surface area contributed by atoms with Gasteiger partial charge in [0.2, 0.25) is 5.91 Å². The van der Waals surface area contributed by atoms with Crippen LogP contribution in [0, 0.1) is 28.9 Å². The molecule has 2 N–H and O–H groups in total. The lowest BCUT2D eigenvalue weighted by molar-refractivity contribution is -0.125. The number of halogens is 3. The topological polar surface area (TPSA) is 134 Å². The van der Waals surface area contributed by atoms with Crippen molar-refractivity contribution < 1.29 is 22.7 Å². The van der Waals surface area contributed by atoms with Gasteiger partial charge in [0.1, 0.15) is 46.4 Å². The molecule has 4 aromatic rings. The molecule has 1 aromatic carbocycles. The maximum atomic E-state index is 17.4. The fourth-order valence-electron chi connectivity index (χ4n) is 8.76. The molecule has 50 heavy (non-hydrogen) atoms. The second-order valence-electron chi connectivity index (χ2n) is 14.2. The fraction of sp³-hybridized carbons (Fsp3) is 0.457. The lowest BCUT2D eigenvalue weighted by Gasteiger charge is -2.44. The zero-order valence-electron chi connectivity index (χ0n) is 27.0. The van der Waals surface area contributed by atoms with Crippen molar-refractivity contribution in [2.24, 2.45) is 5.92 Å². The van der Waals surface area contributed by atoms with Crippen LogP contribution in [0.3, 0.4) is 0 Å². The van der Waals surface area contributed by atoms with Crippen LogP contribution in [0.25, 0.3) is 32.2 Å². The number of aromatic nitrogens is 3. The summed E-state index contributed by atoms with van der Waals surface area (Å²) in [4.78, 5) is 42.2. The van der Waals surface area contributed by atoms with E-state index in [0.29, 0.717) is 45.4 Å². The number of likely N-dealkylation sites (tertiary alicyclic amines) is 1. The van der Waals surface area contributed by atoms with E-state index in [0.717, 1.165) is 30.7 Å². The van der Waals surface area contributed by atoms with Crippen LogP contribution in [-0.2, 0) is 4.79 Å². The molecule has 15 heteroatoms. The van der Waals surface area contributed by atoms with Crippen molar-refractivity contribution in [1.29, 1.82) is 5.26 Å². The Hall–Kier alpha value is -4.68. The molecule has 3 aromatic heterocycles. The first-order valence-electron chi connectivity index (χ1n) is 16.9. The number of anilines is 2. The van der Waals surface area contributed by atoms with Gasteiger partial charge in [0.05, 0.1) is 27.5 Å². The van der Waals surface area contributed by atoms with E-state index in [1.54, 1.807) is 4.90 Å². The van der Waals surface area contributed by atoms with E-state index in [4.69, 9.17) is 15.5 Å². The molecule has 1 saturated carbocycles. The highest BCUT2D eigenvalue weighted by molar-refractivity contribution is 7.23. The Morgan fingerprint density at radius 2 is 2.02 bits per heavy atom. The van der Waals surface area contributed by atoms with Gasteiger partial charge in [-0.25, -0.2) is 13.2 Å². The Kier molecular flexibility index (Phi) is 6.99. The lowest BCUT2D eigenvalue weighted by atomic mass is 9.91. The van der Waals surface area contributed by atoms with Crippen molar-refractivity contribution in [3.05, 3.63) is 52.3 Å². The molecule has 2 unspecified atom stereocenters. The van der Waals surface area contributed by atoms with E-state index < -0.39 is 28.9 Å². The van der Waals surface area contributed by atoms with Crippen molar-refractivity contribution in [2.45, 2.75) is 55.9 Å². The summed E-state index contributed by atoms with van der Waals surface area (Å²) >= 11 is 0.893. The van der Waals surface area contributed by atoms with E-state index in [-0.39, 0.29) is 85.2 Å². The molecule has 0 spiro atoms. The highest BCUT2D eigenvalue weighted by Crippen LogP contribution is 2.47. The molecule has 1 amide bonds. The molecule has 7 heterocycles. The first-order chi connectivity index (χ1) is 24.1. The third-order valence-corrected chi connectivity index (χ3v) is 12.3. The molecule has 0 radical (unpaired) electrons. The number of rotatable bonds is 7. The van der Waals surface area contributed by atoms with E-state index in [1.165, 1.54) is 22.8 Å². The van der Waals surface area contributed by atoms with Crippen molar-refractivity contribution >= 4 is 49.1 Å². The first kappa shape index (κ1) is 31.3. The van der Waals surface area contributed by atoms with Gasteiger partial charge < -0.3 is 24.8 Å². The molecule has 11 nitrogen and oxygen atoms in total. The number of fused-ring (bicyclic) bond motifs is 4. The highest BCUT2D eigenvalue weighted by atomic mass is 32.1. The van der Waals surface area contributed by atoms with E-state index in [9.17, 15) is 19.2 Å². The Labute approximate surface area is 288 Å². The van der Waals surface area contributed by atoms with Crippen LogP contribution in [0.5, 0.6) is 6.01 Å². The number of carbonyl (C=O) groups is 1. The minimum atomic E-state index is -0.980. The summed E-state index contributed by atoms with van der Waals surface area (Å²) in [6.45, 7) is 6.17. The van der Waals surface area contributed by atoms with Crippen LogP contribution in [0.4, 0.5) is 24.0 Å². The number of nitrogen functional groups attached to an aromatic ring is 1. The lowest BCUT2D eigenvalue weighted by Crippen LogP contribution is -2.56. The van der Waals surface area contributed by atoms with Crippen molar-refractivity contribution in [2.75, 3.05) is 50.0 Å². The quantitative estimate of drug-likeness (QED) is 0.276. The number of hydrogen-bond acceptors (Lipinski definition) is 10. The number of nitrogens with two attached hydrogens (primary N) is 1. The SMILES string of the molecule is C=CC(=O)N1CC2CN(c3nc(OC[C@@]45CCCN4C[C@H](F)C5)nc4c(F)c(-c5ccc(F)c6sc(N)c(C#N)c56)n(C5CC5)c(=O)c34)C2C1. The molecule has 4 aliphatic heterocycles. The Bertz CT molecular complexity index is 2250. The number of nitriles is 1. The minimum absolute atomic E-state index is 0.00998. The average molecular weight is 703 g/mol. The predicted octanol–water partition coefficient (Wildman–Crippen LogP) is 4.53. The van der Waals surface area contributed by atoms with Crippen LogP contribution >= 0.6 is 11.3 Å². The standard InChI is InChI=1S/C35H33F3N8O3S/c1-2-24(47)43-12-17-13-45(23(17)15-43)32-26-28(41-34(42-32)49-16-35-8-3-9-44(35)14-18(36)10-35)27(38)29(46(33(26)48)19-4-5-19)20-6-7-22(37)30-25(20)21(11-39)31(40)50-30/h2,6-7,17-19,23H,1,3-5,8-10,12-16,40H2/t17?,18-,23?,35+/m1/s1. The zero-order chi connectivity index (χ0) is 34.6. The van der Waals surface area contributed by atoms with Gasteiger partial charge in [-0.2, -0.15) is 15.2 Å². The van der Waals surface area contributed by atoms with Gasteiger partial charge >= 0.3 is 6.01 Å². The molecule has 1 aliphatic carbocycles. The summed E-state index contributed by atoms with van der Waals surface area (Å²) in [6.07, 6.45) is 3.49. The summed E-state index contributed by atoms with van der Waals surface area (Å²) in [5.74, 6) is -1.31. The second-order valence-corrected chi connectivity index (χ2v) is 15.2. The molecular formula is C35H33F3N8O3S. The number of alkyl halides is 1. The number of amides is 1. The maximum Gasteiger partial charge on any atom is 0.319 e. The normalized spacial score (nSPS) is 25.9. The van der Waals surface area contributed by atoms with Gasteiger partial charge in [0.15, 0.2) is 5.82 Å². The molecule has 0 bridgehead atoms. The zero-order valence-corrected chi connectivity index (χ0v) is 27.8. The van der Waals surface area contributed by atoms with E-state index >= 15 is 8.78 Å². The summed E-state index contributed by atoms with van der Waals surface area (Å²) < 4.78 is 54.8. The average Bonchev–Trinajstić information content (AvgIpc) is 3.50. The minimum Gasteiger partial charge on any atom is -0.461 e. The maximum absolute atomic E-state index is 17.4. The van der Waals surface area contributed by atoms with Crippen LogP contribution < -0.4 is 20.9 Å². The first-order valence-corrected chi connectivity index (χ1v) is 17.7. The van der Waals surface area contributed by atoms with Crippen LogP contribution in [0.15, 0.2) is 29.6 Å². The fourth-order valence-corrected chi connectivity index (χ4v) is 9.71. The molecule has 5 aliphatic rings.